The molecule has 0 aliphatic heterocycles. The molecule has 0 saturated heterocycles. The topological polar surface area (TPSA) is 41.1 Å². The molecule has 0 saturated carbocycles. The number of benzene rings is 1. The molecule has 0 aliphatic carbocycles. The highest BCUT2D eigenvalue weighted by Crippen LogP contribution is 2.20. The predicted octanol–water partition coefficient (Wildman–Crippen LogP) is 3.76. The Kier molecular flexibility index (Phi) is 5.32. The maximum atomic E-state index is 11.6. The number of urea groups is 1. The van der Waals surface area contributed by atoms with Crippen LogP contribution in [0.4, 0.5) is 10.5 Å². The standard InChI is InChI=1S/C12H17BrN2O/c1-3-9(4-2)14-12(16)15-11-8-6-5-7-10(11)13/h5-9H,3-4H2,1-2H3,(H2,14,15,16). The Hall–Kier alpha value is -1.03. The normalized spacial score (nSPS) is 10.2. The highest BCUT2D eigenvalue weighted by molar-refractivity contribution is 9.10. The van der Waals surface area contributed by atoms with Gasteiger partial charge >= 0.3 is 6.03 Å². The second-order valence-electron chi connectivity index (χ2n) is 3.59. The fraction of sp³-hybridized carbons (Fsp3) is 0.417. The second-order valence-corrected chi connectivity index (χ2v) is 4.45. The molecule has 1 aromatic carbocycles. The number of rotatable bonds is 4. The lowest BCUT2D eigenvalue weighted by molar-refractivity contribution is 0.247. The van der Waals surface area contributed by atoms with Gasteiger partial charge in [0.25, 0.3) is 0 Å². The Bertz CT molecular complexity index is 351. The molecule has 1 rings (SSSR count). The fourth-order valence-corrected chi connectivity index (χ4v) is 1.78. The highest BCUT2D eigenvalue weighted by Gasteiger charge is 2.08. The van der Waals surface area contributed by atoms with Crippen LogP contribution < -0.4 is 10.6 Å². The number of anilines is 1. The van der Waals surface area contributed by atoms with E-state index >= 15 is 0 Å². The number of para-hydroxylation sites is 1. The molecule has 0 aromatic heterocycles. The van der Waals surface area contributed by atoms with Crippen LogP contribution in [0.5, 0.6) is 0 Å². The van der Waals surface area contributed by atoms with Crippen LogP contribution in [0.1, 0.15) is 26.7 Å². The van der Waals surface area contributed by atoms with Crippen LogP contribution in [0.15, 0.2) is 28.7 Å². The van der Waals surface area contributed by atoms with Gasteiger partial charge in [0, 0.05) is 10.5 Å². The van der Waals surface area contributed by atoms with E-state index in [-0.39, 0.29) is 12.1 Å². The van der Waals surface area contributed by atoms with E-state index in [1.165, 1.54) is 0 Å². The minimum atomic E-state index is -0.152. The Morgan fingerprint density at radius 1 is 1.31 bits per heavy atom. The van der Waals surface area contributed by atoms with Gasteiger partial charge in [0.05, 0.1) is 5.69 Å². The monoisotopic (exact) mass is 284 g/mol. The average Bonchev–Trinajstić information content (AvgIpc) is 2.29. The summed E-state index contributed by atoms with van der Waals surface area (Å²) >= 11 is 3.38. The van der Waals surface area contributed by atoms with E-state index in [2.05, 4.69) is 40.4 Å². The number of carbonyl (C=O) groups excluding carboxylic acids is 1. The summed E-state index contributed by atoms with van der Waals surface area (Å²) in [4.78, 5) is 11.6. The molecule has 88 valence electrons. The SMILES string of the molecule is CCC(CC)NC(=O)Nc1ccccc1Br. The maximum absolute atomic E-state index is 11.6. The summed E-state index contributed by atoms with van der Waals surface area (Å²) in [5, 5.41) is 5.73. The van der Waals surface area contributed by atoms with Crippen LogP contribution in [-0.4, -0.2) is 12.1 Å². The van der Waals surface area contributed by atoms with Gasteiger partial charge in [-0.3, -0.25) is 0 Å². The van der Waals surface area contributed by atoms with Crippen molar-refractivity contribution in [1.29, 1.82) is 0 Å². The largest absolute Gasteiger partial charge is 0.335 e. The van der Waals surface area contributed by atoms with Gasteiger partial charge in [-0.1, -0.05) is 26.0 Å². The third-order valence-electron chi connectivity index (χ3n) is 2.44. The van der Waals surface area contributed by atoms with E-state index in [9.17, 15) is 4.79 Å². The quantitative estimate of drug-likeness (QED) is 0.869. The maximum Gasteiger partial charge on any atom is 0.319 e. The zero-order valence-electron chi connectivity index (χ0n) is 9.59. The number of nitrogens with one attached hydrogen (secondary N) is 2. The summed E-state index contributed by atoms with van der Waals surface area (Å²) in [6, 6.07) is 7.64. The van der Waals surface area contributed by atoms with Crippen LogP contribution in [0.25, 0.3) is 0 Å². The first-order chi connectivity index (χ1) is 7.67. The smallest absolute Gasteiger partial charge is 0.319 e. The van der Waals surface area contributed by atoms with Gasteiger partial charge in [-0.05, 0) is 40.9 Å². The van der Waals surface area contributed by atoms with E-state index < -0.39 is 0 Å². The molecule has 0 aliphatic rings. The Morgan fingerprint density at radius 2 is 1.94 bits per heavy atom. The van der Waals surface area contributed by atoms with Crippen molar-refractivity contribution < 1.29 is 4.79 Å². The Balaban J connectivity index is 2.55. The third kappa shape index (κ3) is 3.85. The van der Waals surface area contributed by atoms with Crippen molar-refractivity contribution >= 4 is 27.6 Å². The summed E-state index contributed by atoms with van der Waals surface area (Å²) in [6.45, 7) is 4.12. The lowest BCUT2D eigenvalue weighted by Gasteiger charge is -2.15. The molecule has 0 radical (unpaired) electrons. The van der Waals surface area contributed by atoms with E-state index in [0.717, 1.165) is 23.0 Å². The number of hydrogen-bond acceptors (Lipinski definition) is 1. The molecule has 3 nitrogen and oxygen atoms in total. The molecule has 16 heavy (non-hydrogen) atoms. The van der Waals surface area contributed by atoms with Crippen molar-refractivity contribution in [3.05, 3.63) is 28.7 Å². The van der Waals surface area contributed by atoms with E-state index in [1.54, 1.807) is 0 Å². The second kappa shape index (κ2) is 6.53. The summed E-state index contributed by atoms with van der Waals surface area (Å²) in [5.41, 5.74) is 0.783. The van der Waals surface area contributed by atoms with Gasteiger partial charge in [0.2, 0.25) is 0 Å². The van der Waals surface area contributed by atoms with Crippen molar-refractivity contribution in [3.8, 4) is 0 Å². The summed E-state index contributed by atoms with van der Waals surface area (Å²) < 4.78 is 0.884. The molecule has 2 N–H and O–H groups in total. The Morgan fingerprint density at radius 3 is 2.50 bits per heavy atom. The van der Waals surface area contributed by atoms with Crippen molar-refractivity contribution in [2.24, 2.45) is 0 Å². The van der Waals surface area contributed by atoms with Crippen LogP contribution >= 0.6 is 15.9 Å². The fourth-order valence-electron chi connectivity index (χ4n) is 1.40. The molecular weight excluding hydrogens is 268 g/mol. The van der Waals surface area contributed by atoms with Gasteiger partial charge in [0.15, 0.2) is 0 Å². The third-order valence-corrected chi connectivity index (χ3v) is 3.13. The summed E-state index contributed by atoms with van der Waals surface area (Å²) in [5.74, 6) is 0. The van der Waals surface area contributed by atoms with Crippen LogP contribution in [0, 0.1) is 0 Å². The predicted molar refractivity (Wildman–Crippen MR) is 70.7 cm³/mol. The van der Waals surface area contributed by atoms with Crippen LogP contribution in [0.2, 0.25) is 0 Å². The molecule has 0 bridgehead atoms. The molecule has 0 spiro atoms. The lowest BCUT2D eigenvalue weighted by Crippen LogP contribution is -2.37. The van der Waals surface area contributed by atoms with Crippen molar-refractivity contribution in [3.63, 3.8) is 0 Å². The average molecular weight is 285 g/mol. The molecule has 0 heterocycles. The molecule has 0 atom stereocenters. The number of halogens is 1. The summed E-state index contributed by atoms with van der Waals surface area (Å²) in [6.07, 6.45) is 1.89. The number of hydrogen-bond donors (Lipinski definition) is 2. The van der Waals surface area contributed by atoms with Crippen LogP contribution in [0.3, 0.4) is 0 Å². The molecule has 1 aromatic rings. The van der Waals surface area contributed by atoms with Gasteiger partial charge in [-0.15, -0.1) is 0 Å². The van der Waals surface area contributed by atoms with E-state index in [1.807, 2.05) is 24.3 Å². The van der Waals surface area contributed by atoms with Gasteiger partial charge in [-0.2, -0.15) is 0 Å². The minimum Gasteiger partial charge on any atom is -0.335 e. The number of amides is 2. The van der Waals surface area contributed by atoms with Crippen molar-refractivity contribution in [2.75, 3.05) is 5.32 Å². The van der Waals surface area contributed by atoms with Gasteiger partial charge < -0.3 is 10.6 Å². The van der Waals surface area contributed by atoms with Crippen molar-refractivity contribution in [1.82, 2.24) is 5.32 Å². The molecule has 0 unspecified atom stereocenters. The van der Waals surface area contributed by atoms with Crippen LogP contribution in [-0.2, 0) is 0 Å². The minimum absolute atomic E-state index is 0.152. The van der Waals surface area contributed by atoms with Crippen molar-refractivity contribution in [2.45, 2.75) is 32.7 Å². The molecule has 4 heteroatoms. The molecular formula is C12H17BrN2O. The first-order valence-electron chi connectivity index (χ1n) is 5.49. The zero-order chi connectivity index (χ0) is 12.0. The first kappa shape index (κ1) is 13.0. The van der Waals surface area contributed by atoms with Gasteiger partial charge in [0.1, 0.15) is 0 Å². The first-order valence-corrected chi connectivity index (χ1v) is 6.28. The number of carbonyl (C=O) groups is 1. The molecule has 0 fully saturated rings. The summed E-state index contributed by atoms with van der Waals surface area (Å²) in [7, 11) is 0. The highest BCUT2D eigenvalue weighted by atomic mass is 79.9. The van der Waals surface area contributed by atoms with Gasteiger partial charge in [-0.25, -0.2) is 4.79 Å². The zero-order valence-corrected chi connectivity index (χ0v) is 11.2. The lowest BCUT2D eigenvalue weighted by atomic mass is 10.2. The molecule has 2 amide bonds. The Labute approximate surface area is 105 Å². The van der Waals surface area contributed by atoms with E-state index in [4.69, 9.17) is 0 Å². The van der Waals surface area contributed by atoms with E-state index in [0.29, 0.717) is 0 Å².